The normalized spacial score (nSPS) is 10.7. The molecule has 0 fully saturated rings. The molecule has 2 aromatic carbocycles. The van der Waals surface area contributed by atoms with Gasteiger partial charge in [-0.25, -0.2) is 0 Å². The SMILES string of the molecule is COc1cc(-c2noc(CNc3ccccc3)n2)ccc1OC(F)F. The molecule has 0 bridgehead atoms. The first-order valence-corrected chi connectivity index (χ1v) is 7.40. The van der Waals surface area contributed by atoms with Gasteiger partial charge in [0.05, 0.1) is 13.7 Å². The second-order valence-corrected chi connectivity index (χ2v) is 4.98. The van der Waals surface area contributed by atoms with Gasteiger partial charge >= 0.3 is 6.61 Å². The molecule has 0 amide bonds. The summed E-state index contributed by atoms with van der Waals surface area (Å²) in [7, 11) is 1.36. The zero-order valence-corrected chi connectivity index (χ0v) is 13.3. The van der Waals surface area contributed by atoms with Gasteiger partial charge in [0.1, 0.15) is 0 Å². The highest BCUT2D eigenvalue weighted by atomic mass is 19.3. The number of rotatable bonds is 7. The Kier molecular flexibility index (Phi) is 5.08. The first-order chi connectivity index (χ1) is 12.2. The van der Waals surface area contributed by atoms with Crippen molar-refractivity contribution < 1.29 is 22.8 Å². The molecule has 0 atom stereocenters. The maximum Gasteiger partial charge on any atom is 0.387 e. The molecule has 0 saturated heterocycles. The fourth-order valence-corrected chi connectivity index (χ4v) is 2.18. The molecule has 8 heteroatoms. The number of halogens is 2. The molecular weight excluding hydrogens is 332 g/mol. The average molecular weight is 347 g/mol. The van der Waals surface area contributed by atoms with Crippen molar-refractivity contribution >= 4 is 5.69 Å². The van der Waals surface area contributed by atoms with Crippen LogP contribution in [-0.2, 0) is 6.54 Å². The summed E-state index contributed by atoms with van der Waals surface area (Å²) in [5.74, 6) is 0.819. The van der Waals surface area contributed by atoms with Gasteiger partial charge in [0.2, 0.25) is 11.7 Å². The Morgan fingerprint density at radius 3 is 2.64 bits per heavy atom. The molecule has 130 valence electrons. The summed E-state index contributed by atoms with van der Waals surface area (Å²) in [6, 6.07) is 14.0. The Bertz CT molecular complexity index is 825. The maximum absolute atomic E-state index is 12.4. The average Bonchev–Trinajstić information content (AvgIpc) is 3.10. The number of anilines is 1. The molecular formula is C17H15F2N3O3. The van der Waals surface area contributed by atoms with Gasteiger partial charge in [0.15, 0.2) is 11.5 Å². The molecule has 1 aromatic heterocycles. The van der Waals surface area contributed by atoms with Crippen molar-refractivity contribution in [1.29, 1.82) is 0 Å². The highest BCUT2D eigenvalue weighted by Crippen LogP contribution is 2.32. The third-order valence-corrected chi connectivity index (χ3v) is 3.32. The van der Waals surface area contributed by atoms with Crippen LogP contribution in [-0.4, -0.2) is 23.9 Å². The lowest BCUT2D eigenvalue weighted by Gasteiger charge is -2.10. The highest BCUT2D eigenvalue weighted by Gasteiger charge is 2.14. The number of hydrogen-bond donors (Lipinski definition) is 1. The van der Waals surface area contributed by atoms with E-state index in [1.807, 2.05) is 30.3 Å². The minimum Gasteiger partial charge on any atom is -0.493 e. The Hall–Kier alpha value is -3.16. The molecule has 3 aromatic rings. The van der Waals surface area contributed by atoms with Crippen molar-refractivity contribution in [3.05, 3.63) is 54.4 Å². The standard InChI is InChI=1S/C17H15F2N3O3/c1-23-14-9-11(7-8-13(14)24-17(18)19)16-21-15(25-22-16)10-20-12-5-3-2-4-6-12/h2-9,17,20H,10H2,1H3. The van der Waals surface area contributed by atoms with E-state index >= 15 is 0 Å². The van der Waals surface area contributed by atoms with E-state index in [1.165, 1.54) is 19.2 Å². The summed E-state index contributed by atoms with van der Waals surface area (Å²) in [6.45, 7) is -2.57. The maximum atomic E-state index is 12.4. The van der Waals surface area contributed by atoms with E-state index in [0.717, 1.165) is 5.69 Å². The lowest BCUT2D eigenvalue weighted by atomic mass is 10.2. The predicted octanol–water partition coefficient (Wildman–Crippen LogP) is 3.96. The van der Waals surface area contributed by atoms with E-state index in [-0.39, 0.29) is 11.5 Å². The smallest absolute Gasteiger partial charge is 0.387 e. The zero-order chi connectivity index (χ0) is 17.6. The molecule has 1 heterocycles. The van der Waals surface area contributed by atoms with Gasteiger partial charge in [-0.3, -0.25) is 0 Å². The summed E-state index contributed by atoms with van der Waals surface area (Å²) in [4.78, 5) is 4.28. The number of nitrogens with one attached hydrogen (secondary N) is 1. The van der Waals surface area contributed by atoms with Gasteiger partial charge in [0.25, 0.3) is 0 Å². The van der Waals surface area contributed by atoms with Gasteiger partial charge in [-0.1, -0.05) is 23.4 Å². The largest absolute Gasteiger partial charge is 0.493 e. The van der Waals surface area contributed by atoms with E-state index in [9.17, 15) is 8.78 Å². The second-order valence-electron chi connectivity index (χ2n) is 4.98. The number of alkyl halides is 2. The molecule has 0 aliphatic rings. The minimum atomic E-state index is -2.93. The van der Waals surface area contributed by atoms with Crippen molar-refractivity contribution in [1.82, 2.24) is 10.1 Å². The van der Waals surface area contributed by atoms with Gasteiger partial charge in [-0.05, 0) is 30.3 Å². The van der Waals surface area contributed by atoms with Crippen molar-refractivity contribution in [2.45, 2.75) is 13.2 Å². The minimum absolute atomic E-state index is 0.0595. The van der Waals surface area contributed by atoms with Crippen LogP contribution in [0, 0.1) is 0 Å². The van der Waals surface area contributed by atoms with Crippen LogP contribution >= 0.6 is 0 Å². The molecule has 0 spiro atoms. The fourth-order valence-electron chi connectivity index (χ4n) is 2.18. The summed E-state index contributed by atoms with van der Waals surface area (Å²) in [5.41, 5.74) is 1.49. The van der Waals surface area contributed by atoms with E-state index in [4.69, 9.17) is 9.26 Å². The molecule has 0 radical (unpaired) electrons. The fraction of sp³-hybridized carbons (Fsp3) is 0.176. The third-order valence-electron chi connectivity index (χ3n) is 3.32. The lowest BCUT2D eigenvalue weighted by Crippen LogP contribution is -2.03. The van der Waals surface area contributed by atoms with Crippen molar-refractivity contribution in [2.24, 2.45) is 0 Å². The van der Waals surface area contributed by atoms with Crippen molar-refractivity contribution in [2.75, 3.05) is 12.4 Å². The van der Waals surface area contributed by atoms with Crippen molar-refractivity contribution in [3.8, 4) is 22.9 Å². The van der Waals surface area contributed by atoms with Crippen molar-refractivity contribution in [3.63, 3.8) is 0 Å². The molecule has 3 rings (SSSR count). The van der Waals surface area contributed by atoms with Crippen LogP contribution in [0.1, 0.15) is 5.89 Å². The highest BCUT2D eigenvalue weighted by molar-refractivity contribution is 5.60. The van der Waals surface area contributed by atoms with Crippen LogP contribution in [0.4, 0.5) is 14.5 Å². The lowest BCUT2D eigenvalue weighted by molar-refractivity contribution is -0.0512. The summed E-state index contributed by atoms with van der Waals surface area (Å²) >= 11 is 0. The van der Waals surface area contributed by atoms with Crippen LogP contribution in [0.2, 0.25) is 0 Å². The Balaban J connectivity index is 1.73. The first-order valence-electron chi connectivity index (χ1n) is 7.40. The van der Waals surface area contributed by atoms with Crippen LogP contribution in [0.25, 0.3) is 11.4 Å². The second kappa shape index (κ2) is 7.61. The van der Waals surface area contributed by atoms with Crippen LogP contribution < -0.4 is 14.8 Å². The number of methoxy groups -OCH3 is 1. The van der Waals surface area contributed by atoms with Gasteiger partial charge in [0, 0.05) is 11.3 Å². The van der Waals surface area contributed by atoms with Crippen LogP contribution in [0.3, 0.4) is 0 Å². The summed E-state index contributed by atoms with van der Waals surface area (Å²) in [5, 5.41) is 7.05. The first kappa shape index (κ1) is 16.7. The van der Waals surface area contributed by atoms with Gasteiger partial charge in [-0.15, -0.1) is 0 Å². The topological polar surface area (TPSA) is 69.4 Å². The molecule has 1 N–H and O–H groups in total. The Morgan fingerprint density at radius 2 is 1.92 bits per heavy atom. The van der Waals surface area contributed by atoms with Crippen LogP contribution in [0.5, 0.6) is 11.5 Å². The molecule has 0 aliphatic carbocycles. The number of aromatic nitrogens is 2. The molecule has 25 heavy (non-hydrogen) atoms. The Morgan fingerprint density at radius 1 is 1.12 bits per heavy atom. The number of nitrogens with zero attached hydrogens (tertiary/aromatic N) is 2. The summed E-state index contributed by atoms with van der Waals surface area (Å²) < 4.78 is 39.4. The Labute approximate surface area is 142 Å². The van der Waals surface area contributed by atoms with E-state index in [2.05, 4.69) is 20.2 Å². The van der Waals surface area contributed by atoms with E-state index in [0.29, 0.717) is 23.8 Å². The number of hydrogen-bond acceptors (Lipinski definition) is 6. The van der Waals surface area contributed by atoms with Gasteiger partial charge in [-0.2, -0.15) is 13.8 Å². The summed E-state index contributed by atoms with van der Waals surface area (Å²) in [6.07, 6.45) is 0. The monoisotopic (exact) mass is 347 g/mol. The van der Waals surface area contributed by atoms with Gasteiger partial charge < -0.3 is 19.3 Å². The quantitative estimate of drug-likeness (QED) is 0.698. The number of para-hydroxylation sites is 1. The predicted molar refractivity (Wildman–Crippen MR) is 86.7 cm³/mol. The number of ether oxygens (including phenoxy) is 2. The van der Waals surface area contributed by atoms with Crippen LogP contribution in [0.15, 0.2) is 53.1 Å². The number of benzene rings is 2. The van der Waals surface area contributed by atoms with E-state index in [1.54, 1.807) is 6.07 Å². The molecule has 0 unspecified atom stereocenters. The zero-order valence-electron chi connectivity index (χ0n) is 13.3. The molecule has 6 nitrogen and oxygen atoms in total. The molecule has 0 saturated carbocycles. The third kappa shape index (κ3) is 4.23. The molecule has 0 aliphatic heterocycles. The van der Waals surface area contributed by atoms with E-state index < -0.39 is 6.61 Å².